The maximum absolute atomic E-state index is 12.3. The van der Waals surface area contributed by atoms with Gasteiger partial charge in [0.1, 0.15) is 4.83 Å². The minimum Gasteiger partial charge on any atom is -0.295 e. The molecule has 0 saturated heterocycles. The Morgan fingerprint density at radius 2 is 2.29 bits per heavy atom. The Labute approximate surface area is 103 Å². The summed E-state index contributed by atoms with van der Waals surface area (Å²) in [6, 6.07) is 0. The van der Waals surface area contributed by atoms with Gasteiger partial charge >= 0.3 is 0 Å². The van der Waals surface area contributed by atoms with Crippen LogP contribution in [0, 0.1) is 0 Å². The van der Waals surface area contributed by atoms with E-state index in [4.69, 9.17) is 0 Å². The predicted molar refractivity (Wildman–Crippen MR) is 70.7 cm³/mol. The lowest BCUT2D eigenvalue weighted by Crippen LogP contribution is -2.20. The number of aryl methyl sites for hydroxylation is 2. The van der Waals surface area contributed by atoms with Gasteiger partial charge in [-0.1, -0.05) is 6.08 Å². The van der Waals surface area contributed by atoms with Crippen molar-refractivity contribution in [3.8, 4) is 0 Å². The smallest absolute Gasteiger partial charge is 0.262 e. The molecule has 0 N–H and O–H groups in total. The van der Waals surface area contributed by atoms with Crippen LogP contribution in [0.1, 0.15) is 23.3 Å². The van der Waals surface area contributed by atoms with E-state index in [9.17, 15) is 4.79 Å². The van der Waals surface area contributed by atoms with E-state index in [1.807, 2.05) is 0 Å². The second-order valence-electron chi connectivity index (χ2n) is 4.38. The third kappa shape index (κ3) is 1.63. The van der Waals surface area contributed by atoms with Crippen molar-refractivity contribution in [1.29, 1.82) is 0 Å². The van der Waals surface area contributed by atoms with Gasteiger partial charge in [-0.15, -0.1) is 17.9 Å². The fourth-order valence-corrected chi connectivity index (χ4v) is 3.67. The molecule has 0 aliphatic heterocycles. The molecule has 2 aromatic rings. The maximum atomic E-state index is 12.3. The van der Waals surface area contributed by atoms with Crippen molar-refractivity contribution in [2.24, 2.45) is 0 Å². The molecule has 17 heavy (non-hydrogen) atoms. The fourth-order valence-electron chi connectivity index (χ4n) is 2.45. The van der Waals surface area contributed by atoms with Crippen LogP contribution in [0.5, 0.6) is 0 Å². The van der Waals surface area contributed by atoms with Crippen LogP contribution < -0.4 is 5.56 Å². The third-order valence-electron chi connectivity index (χ3n) is 3.27. The van der Waals surface area contributed by atoms with E-state index in [1.54, 1.807) is 28.3 Å². The zero-order valence-electron chi connectivity index (χ0n) is 9.61. The molecular formula is C13H14N2OS. The highest BCUT2D eigenvalue weighted by Crippen LogP contribution is 2.33. The molecule has 2 heterocycles. The van der Waals surface area contributed by atoms with E-state index in [1.165, 1.54) is 23.3 Å². The van der Waals surface area contributed by atoms with Crippen molar-refractivity contribution in [3.63, 3.8) is 0 Å². The van der Waals surface area contributed by atoms with Gasteiger partial charge in [-0.3, -0.25) is 9.36 Å². The zero-order valence-corrected chi connectivity index (χ0v) is 10.4. The summed E-state index contributed by atoms with van der Waals surface area (Å²) in [7, 11) is 0. The Bertz CT molecular complexity index is 639. The summed E-state index contributed by atoms with van der Waals surface area (Å²) in [4.78, 5) is 19.0. The average molecular weight is 246 g/mol. The maximum Gasteiger partial charge on any atom is 0.262 e. The van der Waals surface area contributed by atoms with Gasteiger partial charge in [-0.2, -0.15) is 0 Å². The lowest BCUT2D eigenvalue weighted by Gasteiger charge is -2.10. The molecule has 0 aromatic carbocycles. The van der Waals surface area contributed by atoms with Gasteiger partial charge < -0.3 is 0 Å². The monoisotopic (exact) mass is 246 g/mol. The molecule has 4 heteroatoms. The normalized spacial score (nSPS) is 14.8. The van der Waals surface area contributed by atoms with Crippen molar-refractivity contribution in [2.45, 2.75) is 32.2 Å². The Morgan fingerprint density at radius 3 is 3.12 bits per heavy atom. The Morgan fingerprint density at radius 1 is 1.47 bits per heavy atom. The number of hydrogen-bond donors (Lipinski definition) is 0. The Kier molecular flexibility index (Phi) is 2.59. The topological polar surface area (TPSA) is 34.9 Å². The van der Waals surface area contributed by atoms with Gasteiger partial charge in [0, 0.05) is 11.4 Å². The number of rotatable bonds is 2. The summed E-state index contributed by atoms with van der Waals surface area (Å²) in [6.45, 7) is 4.20. The van der Waals surface area contributed by atoms with E-state index in [0.29, 0.717) is 6.54 Å². The molecule has 0 unspecified atom stereocenters. The van der Waals surface area contributed by atoms with Crippen LogP contribution in [0.4, 0.5) is 0 Å². The molecule has 88 valence electrons. The predicted octanol–water partition coefficient (Wildman–Crippen LogP) is 2.52. The zero-order chi connectivity index (χ0) is 11.8. The van der Waals surface area contributed by atoms with Crippen molar-refractivity contribution in [2.75, 3.05) is 0 Å². The van der Waals surface area contributed by atoms with Gasteiger partial charge in [0.25, 0.3) is 5.56 Å². The van der Waals surface area contributed by atoms with E-state index in [-0.39, 0.29) is 5.56 Å². The van der Waals surface area contributed by atoms with Crippen LogP contribution in [0.15, 0.2) is 23.8 Å². The van der Waals surface area contributed by atoms with Crippen molar-refractivity contribution >= 4 is 21.6 Å². The van der Waals surface area contributed by atoms with Gasteiger partial charge in [-0.05, 0) is 31.2 Å². The molecule has 0 radical (unpaired) electrons. The van der Waals surface area contributed by atoms with E-state index < -0.39 is 0 Å². The average Bonchev–Trinajstić information content (AvgIpc) is 2.72. The molecule has 3 rings (SSSR count). The molecule has 0 spiro atoms. The second-order valence-corrected chi connectivity index (χ2v) is 5.47. The summed E-state index contributed by atoms with van der Waals surface area (Å²) in [5, 5.41) is 0.856. The molecule has 0 fully saturated rings. The number of thiophene rings is 1. The van der Waals surface area contributed by atoms with Crippen LogP contribution in [-0.4, -0.2) is 9.55 Å². The van der Waals surface area contributed by atoms with Crippen molar-refractivity contribution in [1.82, 2.24) is 9.55 Å². The summed E-state index contributed by atoms with van der Waals surface area (Å²) in [5.74, 6) is 0. The lowest BCUT2D eigenvalue weighted by atomic mass is 9.97. The first-order chi connectivity index (χ1) is 8.31. The number of nitrogens with zero attached hydrogens (tertiary/aromatic N) is 2. The molecule has 0 saturated carbocycles. The van der Waals surface area contributed by atoms with E-state index in [0.717, 1.165) is 23.1 Å². The number of aromatic nitrogens is 2. The largest absolute Gasteiger partial charge is 0.295 e. The SMILES string of the molecule is C=CCn1cnc2sc3c(c2c1=O)CCCC3. The highest BCUT2D eigenvalue weighted by Gasteiger charge is 2.19. The van der Waals surface area contributed by atoms with Crippen molar-refractivity contribution < 1.29 is 0 Å². The van der Waals surface area contributed by atoms with Gasteiger partial charge in [0.15, 0.2) is 0 Å². The molecule has 1 aliphatic rings. The highest BCUT2D eigenvalue weighted by atomic mass is 32.1. The van der Waals surface area contributed by atoms with Crippen LogP contribution in [0.25, 0.3) is 10.2 Å². The number of allylic oxidation sites excluding steroid dienone is 1. The minimum absolute atomic E-state index is 0.0919. The first-order valence-electron chi connectivity index (χ1n) is 5.92. The molecule has 0 amide bonds. The highest BCUT2D eigenvalue weighted by molar-refractivity contribution is 7.18. The summed E-state index contributed by atoms with van der Waals surface area (Å²) >= 11 is 1.69. The van der Waals surface area contributed by atoms with Gasteiger partial charge in [0.2, 0.25) is 0 Å². The summed E-state index contributed by atoms with van der Waals surface area (Å²) < 4.78 is 1.64. The van der Waals surface area contributed by atoms with Crippen LogP contribution >= 0.6 is 11.3 Å². The number of fused-ring (bicyclic) bond motifs is 3. The Hall–Kier alpha value is -1.42. The Balaban J connectivity index is 2.30. The van der Waals surface area contributed by atoms with Crippen LogP contribution in [0.3, 0.4) is 0 Å². The summed E-state index contributed by atoms with van der Waals surface area (Å²) in [5.41, 5.74) is 1.35. The van der Waals surface area contributed by atoms with E-state index in [2.05, 4.69) is 11.6 Å². The summed E-state index contributed by atoms with van der Waals surface area (Å²) in [6.07, 6.45) is 7.93. The molecule has 0 bridgehead atoms. The van der Waals surface area contributed by atoms with Gasteiger partial charge in [-0.25, -0.2) is 4.98 Å². The molecule has 1 aliphatic carbocycles. The fraction of sp³-hybridized carbons (Fsp3) is 0.385. The lowest BCUT2D eigenvalue weighted by molar-refractivity contribution is 0.698. The number of hydrogen-bond acceptors (Lipinski definition) is 3. The third-order valence-corrected chi connectivity index (χ3v) is 4.47. The quantitative estimate of drug-likeness (QED) is 0.763. The van der Waals surface area contributed by atoms with Crippen LogP contribution in [-0.2, 0) is 19.4 Å². The van der Waals surface area contributed by atoms with E-state index >= 15 is 0 Å². The minimum atomic E-state index is 0.0919. The second kappa shape index (κ2) is 4.11. The molecular weight excluding hydrogens is 232 g/mol. The van der Waals surface area contributed by atoms with Crippen LogP contribution in [0.2, 0.25) is 0 Å². The standard InChI is InChI=1S/C13H14N2OS/c1-2-7-15-8-14-12-11(13(15)16)9-5-3-4-6-10(9)17-12/h2,8H,1,3-7H2. The molecule has 0 atom stereocenters. The van der Waals surface area contributed by atoms with Gasteiger partial charge in [0.05, 0.1) is 11.7 Å². The molecule has 3 nitrogen and oxygen atoms in total. The first-order valence-corrected chi connectivity index (χ1v) is 6.73. The molecule has 2 aromatic heterocycles. The van der Waals surface area contributed by atoms with Crippen molar-refractivity contribution in [3.05, 3.63) is 39.8 Å². The first kappa shape index (κ1) is 10.7.